The van der Waals surface area contributed by atoms with Gasteiger partial charge in [0, 0.05) is 42.3 Å². The Bertz CT molecular complexity index is 1310. The number of H-pyrrole nitrogens is 1. The highest BCUT2D eigenvalue weighted by Crippen LogP contribution is 2.36. The number of aromatic amines is 1. The lowest BCUT2D eigenvalue weighted by atomic mass is 9.97. The maximum Gasteiger partial charge on any atom is 0.417 e. The van der Waals surface area contributed by atoms with Gasteiger partial charge < -0.3 is 25.7 Å². The summed E-state index contributed by atoms with van der Waals surface area (Å²) in [5, 5.41) is 7.90. The molecule has 0 spiro atoms. The fourth-order valence-electron chi connectivity index (χ4n) is 4.24. The fraction of sp³-hybridized carbons (Fsp3) is 0.357. The number of hydrogen-bond acceptors (Lipinski definition) is 5. The van der Waals surface area contributed by atoms with E-state index in [-0.39, 0.29) is 42.3 Å². The van der Waals surface area contributed by atoms with Gasteiger partial charge in [0.2, 0.25) is 11.8 Å². The molecule has 9 nitrogen and oxygen atoms in total. The number of ether oxygens (including phenoxy) is 1. The van der Waals surface area contributed by atoms with E-state index in [4.69, 9.17) is 11.2 Å². The van der Waals surface area contributed by atoms with Crippen LogP contribution in [0, 0.1) is 18.3 Å². The molecule has 4 N–H and O–H groups in total. The van der Waals surface area contributed by atoms with Crippen molar-refractivity contribution in [2.45, 2.75) is 44.4 Å². The van der Waals surface area contributed by atoms with Crippen LogP contribution in [0.4, 0.5) is 13.2 Å². The van der Waals surface area contributed by atoms with Gasteiger partial charge in [0.05, 0.1) is 12.2 Å². The van der Waals surface area contributed by atoms with Gasteiger partial charge in [0.15, 0.2) is 0 Å². The van der Waals surface area contributed by atoms with Gasteiger partial charge in [-0.2, -0.15) is 13.2 Å². The number of halogens is 3. The molecule has 1 aromatic carbocycles. The first kappa shape index (κ1) is 30.0. The van der Waals surface area contributed by atoms with Crippen LogP contribution in [0.3, 0.4) is 0 Å². The van der Waals surface area contributed by atoms with Crippen LogP contribution in [0.15, 0.2) is 48.6 Å². The van der Waals surface area contributed by atoms with Gasteiger partial charge in [-0.1, -0.05) is 24.3 Å². The Hall–Kier alpha value is -4.53. The second kappa shape index (κ2) is 13.5. The topological polar surface area (TPSA) is 129 Å². The number of carbonyl (C=O) groups is 4. The molecule has 1 saturated heterocycles. The molecule has 1 aromatic heterocycles. The number of hydrogen-bond donors (Lipinski definition) is 4. The number of aromatic nitrogens is 1. The van der Waals surface area contributed by atoms with E-state index in [2.05, 4.69) is 26.9 Å². The number of carbonyl (C=O) groups excluding carboxylic acids is 4. The third kappa shape index (κ3) is 7.99. The largest absolute Gasteiger partial charge is 0.463 e. The van der Waals surface area contributed by atoms with Crippen molar-refractivity contribution >= 4 is 23.7 Å². The smallest absolute Gasteiger partial charge is 0.417 e. The lowest BCUT2D eigenvalue weighted by molar-refractivity contribution is -0.138. The van der Waals surface area contributed by atoms with Crippen molar-refractivity contribution in [1.29, 1.82) is 0 Å². The normalized spacial score (nSPS) is 16.6. The van der Waals surface area contributed by atoms with Crippen LogP contribution in [0.25, 0.3) is 11.3 Å². The molecule has 0 radical (unpaired) electrons. The lowest BCUT2D eigenvalue weighted by Gasteiger charge is -2.22. The van der Waals surface area contributed by atoms with Gasteiger partial charge >= 0.3 is 12.1 Å². The molecule has 1 aliphatic heterocycles. The molecule has 1 fully saturated rings. The third-order valence-electron chi connectivity index (χ3n) is 6.18. The number of alkyl halides is 3. The van der Waals surface area contributed by atoms with Crippen molar-refractivity contribution in [1.82, 2.24) is 20.9 Å². The zero-order valence-corrected chi connectivity index (χ0v) is 21.6. The highest BCUT2D eigenvalue weighted by molar-refractivity contribution is 5.97. The molecule has 2 aromatic rings. The van der Waals surface area contributed by atoms with Crippen LogP contribution in [0.1, 0.15) is 42.2 Å². The number of rotatable bonds is 11. The quantitative estimate of drug-likeness (QED) is 0.192. The molecule has 0 unspecified atom stereocenters. The Morgan fingerprint density at radius 1 is 1.20 bits per heavy atom. The number of esters is 1. The van der Waals surface area contributed by atoms with Crippen molar-refractivity contribution in [3.8, 4) is 23.6 Å². The van der Waals surface area contributed by atoms with Crippen molar-refractivity contribution < 1.29 is 37.1 Å². The molecular formula is C28H29F3N4O5. The standard InChI is InChI=1S/C28H29F3N4O5/c1-3-7-22(26(38)33-18(10-13-24(36)40-4-2)16-17-14-15-32-25(17)37)35-27(39)23-12-11-21(34-23)19-8-5-6-9-20(19)28(29,30)31/h1,5-6,8-13,17-18,22,34H,4,7,14-16H2,2H3,(H,32,37)(H,33,38)(H,35,39)/b13-10+/t17-,18+,22-/m1/s1. The monoisotopic (exact) mass is 558 g/mol. The van der Waals surface area contributed by atoms with E-state index in [0.29, 0.717) is 13.0 Å². The highest BCUT2D eigenvalue weighted by Gasteiger charge is 2.34. The lowest BCUT2D eigenvalue weighted by Crippen LogP contribution is -2.49. The molecular weight excluding hydrogens is 529 g/mol. The van der Waals surface area contributed by atoms with Crippen molar-refractivity contribution in [2.24, 2.45) is 5.92 Å². The summed E-state index contributed by atoms with van der Waals surface area (Å²) in [6.45, 7) is 2.29. The van der Waals surface area contributed by atoms with Gasteiger partial charge in [-0.25, -0.2) is 4.79 Å². The number of amides is 3. The molecule has 2 heterocycles. The molecule has 3 rings (SSSR count). The first-order valence-corrected chi connectivity index (χ1v) is 12.6. The van der Waals surface area contributed by atoms with Crippen LogP contribution < -0.4 is 16.0 Å². The zero-order chi connectivity index (χ0) is 29.3. The molecule has 40 heavy (non-hydrogen) atoms. The second-order valence-corrected chi connectivity index (χ2v) is 9.00. The molecule has 0 bridgehead atoms. The Morgan fingerprint density at radius 3 is 2.60 bits per heavy atom. The Kier molecular flexibility index (Phi) is 10.1. The van der Waals surface area contributed by atoms with Gasteiger partial charge in [-0.15, -0.1) is 12.3 Å². The summed E-state index contributed by atoms with van der Waals surface area (Å²) in [5.74, 6) is -0.311. The first-order valence-electron chi connectivity index (χ1n) is 12.6. The average molecular weight is 559 g/mol. The van der Waals surface area contributed by atoms with Gasteiger partial charge in [-0.3, -0.25) is 14.4 Å². The zero-order valence-electron chi connectivity index (χ0n) is 21.6. The summed E-state index contributed by atoms with van der Waals surface area (Å²) in [7, 11) is 0. The minimum Gasteiger partial charge on any atom is -0.463 e. The molecule has 1 aliphatic rings. The summed E-state index contributed by atoms with van der Waals surface area (Å²) < 4.78 is 45.2. The maximum atomic E-state index is 13.4. The summed E-state index contributed by atoms with van der Waals surface area (Å²) in [4.78, 5) is 52.6. The predicted octanol–water partition coefficient (Wildman–Crippen LogP) is 2.95. The van der Waals surface area contributed by atoms with Crippen LogP contribution in [-0.4, -0.2) is 53.9 Å². The molecule has 0 saturated carbocycles. The minimum atomic E-state index is -4.60. The molecule has 0 aliphatic carbocycles. The Balaban J connectivity index is 1.74. The van der Waals surface area contributed by atoms with Gasteiger partial charge in [0.25, 0.3) is 5.91 Å². The van der Waals surface area contributed by atoms with Crippen molar-refractivity contribution in [3.63, 3.8) is 0 Å². The van der Waals surface area contributed by atoms with Crippen LogP contribution in [0.2, 0.25) is 0 Å². The summed E-state index contributed by atoms with van der Waals surface area (Å²) >= 11 is 0. The summed E-state index contributed by atoms with van der Waals surface area (Å²) in [5.41, 5.74) is -1.02. The molecule has 3 atom stereocenters. The average Bonchev–Trinajstić information content (AvgIpc) is 3.56. The van der Waals surface area contributed by atoms with Gasteiger partial charge in [-0.05, 0) is 38.0 Å². The minimum absolute atomic E-state index is 0.0648. The predicted molar refractivity (Wildman–Crippen MR) is 139 cm³/mol. The number of benzene rings is 1. The molecule has 12 heteroatoms. The Morgan fingerprint density at radius 2 is 1.95 bits per heavy atom. The summed E-state index contributed by atoms with van der Waals surface area (Å²) in [6, 6.07) is 5.59. The van der Waals surface area contributed by atoms with Gasteiger partial charge in [0.1, 0.15) is 11.7 Å². The number of nitrogens with one attached hydrogen (secondary N) is 4. The second-order valence-electron chi connectivity index (χ2n) is 9.00. The number of terminal acetylenes is 1. The fourth-order valence-corrected chi connectivity index (χ4v) is 4.24. The van der Waals surface area contributed by atoms with Crippen LogP contribution >= 0.6 is 0 Å². The highest BCUT2D eigenvalue weighted by atomic mass is 19.4. The van der Waals surface area contributed by atoms with E-state index in [9.17, 15) is 32.3 Å². The van der Waals surface area contributed by atoms with Crippen LogP contribution in [0.5, 0.6) is 0 Å². The maximum absolute atomic E-state index is 13.4. The van der Waals surface area contributed by atoms with E-state index in [1.807, 2.05) is 0 Å². The van der Waals surface area contributed by atoms with E-state index in [0.717, 1.165) is 12.1 Å². The van der Waals surface area contributed by atoms with Crippen LogP contribution in [-0.2, 0) is 25.3 Å². The van der Waals surface area contributed by atoms with E-state index in [1.54, 1.807) is 6.92 Å². The SMILES string of the molecule is C#CC[C@@H](NC(=O)c1ccc(-c2ccccc2C(F)(F)F)[nH]1)C(=O)N[C@@H](/C=C/C(=O)OCC)C[C@H]1CCNC1=O. The molecule has 3 amide bonds. The van der Waals surface area contributed by atoms with Crippen molar-refractivity contribution in [3.05, 3.63) is 59.8 Å². The van der Waals surface area contributed by atoms with E-state index >= 15 is 0 Å². The first-order chi connectivity index (χ1) is 19.0. The van der Waals surface area contributed by atoms with E-state index < -0.39 is 47.5 Å². The van der Waals surface area contributed by atoms with Crippen molar-refractivity contribution in [2.75, 3.05) is 13.2 Å². The Labute approximate surface area is 228 Å². The molecule has 212 valence electrons. The summed E-state index contributed by atoms with van der Waals surface area (Å²) in [6.07, 6.45) is 3.92. The van der Waals surface area contributed by atoms with E-state index in [1.165, 1.54) is 36.4 Å². The third-order valence-corrected chi connectivity index (χ3v) is 6.18.